The van der Waals surface area contributed by atoms with E-state index in [0.717, 1.165) is 33.9 Å². The Labute approximate surface area is 169 Å². The van der Waals surface area contributed by atoms with Crippen LogP contribution < -0.4 is 19.1 Å². The molecule has 0 atom stereocenters. The molecule has 29 heavy (non-hydrogen) atoms. The first-order chi connectivity index (χ1) is 14.2. The van der Waals surface area contributed by atoms with Crippen LogP contribution >= 0.6 is 0 Å². The van der Waals surface area contributed by atoms with E-state index in [2.05, 4.69) is 9.97 Å². The van der Waals surface area contributed by atoms with E-state index >= 15 is 0 Å². The van der Waals surface area contributed by atoms with Crippen LogP contribution in [-0.4, -0.2) is 31.2 Å². The molecule has 0 aliphatic rings. The summed E-state index contributed by atoms with van der Waals surface area (Å²) in [6, 6.07) is 21.3. The SMILES string of the molecule is COc1cc2ncnc(N(C)c3ccc(Oc4ccccc4)cc3)c2cc1OC. The second-order valence-electron chi connectivity index (χ2n) is 6.39. The summed E-state index contributed by atoms with van der Waals surface area (Å²) in [7, 11) is 5.19. The molecule has 146 valence electrons. The van der Waals surface area contributed by atoms with Crippen LogP contribution in [-0.2, 0) is 0 Å². The van der Waals surface area contributed by atoms with Crippen LogP contribution in [0.1, 0.15) is 0 Å². The van der Waals surface area contributed by atoms with E-state index in [1.54, 1.807) is 20.5 Å². The fourth-order valence-corrected chi connectivity index (χ4v) is 3.12. The Balaban J connectivity index is 1.65. The largest absolute Gasteiger partial charge is 0.493 e. The maximum atomic E-state index is 5.87. The first-order valence-electron chi connectivity index (χ1n) is 9.13. The van der Waals surface area contributed by atoms with Crippen LogP contribution in [0.5, 0.6) is 23.0 Å². The second kappa shape index (κ2) is 8.06. The number of para-hydroxylation sites is 1. The quantitative estimate of drug-likeness (QED) is 0.453. The highest BCUT2D eigenvalue weighted by atomic mass is 16.5. The van der Waals surface area contributed by atoms with Gasteiger partial charge in [-0.25, -0.2) is 9.97 Å². The number of fused-ring (bicyclic) bond motifs is 1. The van der Waals surface area contributed by atoms with Gasteiger partial charge in [-0.05, 0) is 42.5 Å². The standard InChI is InChI=1S/C23H21N3O3/c1-26(16-9-11-18(12-10-16)29-17-7-5-4-6-8-17)23-19-13-21(27-2)22(28-3)14-20(19)24-15-25-23/h4-15H,1-3H3. The summed E-state index contributed by atoms with van der Waals surface area (Å²) in [5.74, 6) is 3.61. The minimum atomic E-state index is 0.634. The average Bonchev–Trinajstić information content (AvgIpc) is 2.78. The molecule has 3 aromatic carbocycles. The van der Waals surface area contributed by atoms with E-state index in [1.165, 1.54) is 0 Å². The Kier molecular flexibility index (Phi) is 5.16. The number of hydrogen-bond acceptors (Lipinski definition) is 6. The lowest BCUT2D eigenvalue weighted by Crippen LogP contribution is -2.12. The van der Waals surface area contributed by atoms with Crippen molar-refractivity contribution in [2.24, 2.45) is 0 Å². The molecule has 1 heterocycles. The molecular formula is C23H21N3O3. The number of ether oxygens (including phenoxy) is 3. The van der Waals surface area contributed by atoms with Crippen molar-refractivity contribution < 1.29 is 14.2 Å². The van der Waals surface area contributed by atoms with Crippen molar-refractivity contribution in [2.75, 3.05) is 26.2 Å². The smallest absolute Gasteiger partial charge is 0.162 e. The number of hydrogen-bond donors (Lipinski definition) is 0. The Bertz CT molecular complexity index is 1120. The molecule has 0 saturated heterocycles. The topological polar surface area (TPSA) is 56.7 Å². The lowest BCUT2D eigenvalue weighted by Gasteiger charge is -2.20. The molecule has 6 heteroatoms. The summed E-state index contributed by atoms with van der Waals surface area (Å²) in [5, 5.41) is 0.872. The van der Waals surface area contributed by atoms with Crippen LogP contribution in [0.3, 0.4) is 0 Å². The first-order valence-corrected chi connectivity index (χ1v) is 9.13. The van der Waals surface area contributed by atoms with E-state index in [0.29, 0.717) is 11.5 Å². The molecule has 0 aliphatic carbocycles. The Morgan fingerprint density at radius 1 is 0.759 bits per heavy atom. The maximum Gasteiger partial charge on any atom is 0.162 e. The fraction of sp³-hybridized carbons (Fsp3) is 0.130. The molecule has 0 amide bonds. The van der Waals surface area contributed by atoms with Crippen molar-refractivity contribution in [3.63, 3.8) is 0 Å². The van der Waals surface area contributed by atoms with Crippen molar-refractivity contribution in [3.8, 4) is 23.0 Å². The van der Waals surface area contributed by atoms with E-state index < -0.39 is 0 Å². The number of nitrogens with zero attached hydrogens (tertiary/aromatic N) is 3. The number of rotatable bonds is 6. The van der Waals surface area contributed by atoms with Gasteiger partial charge in [-0.3, -0.25) is 0 Å². The molecule has 0 radical (unpaired) electrons. The highest BCUT2D eigenvalue weighted by Gasteiger charge is 2.14. The van der Waals surface area contributed by atoms with Gasteiger partial charge in [0.2, 0.25) is 0 Å². The zero-order chi connectivity index (χ0) is 20.2. The van der Waals surface area contributed by atoms with Gasteiger partial charge in [-0.2, -0.15) is 0 Å². The third-order valence-corrected chi connectivity index (χ3v) is 4.64. The highest BCUT2D eigenvalue weighted by molar-refractivity contribution is 5.93. The highest BCUT2D eigenvalue weighted by Crippen LogP contribution is 2.36. The Morgan fingerprint density at radius 2 is 1.41 bits per heavy atom. The maximum absolute atomic E-state index is 5.87. The predicted octanol–water partition coefficient (Wildman–Crippen LogP) is 5.21. The molecule has 0 unspecified atom stereocenters. The molecule has 0 saturated carbocycles. The Morgan fingerprint density at radius 3 is 2.10 bits per heavy atom. The van der Waals surface area contributed by atoms with Crippen LogP contribution in [0.25, 0.3) is 10.9 Å². The van der Waals surface area contributed by atoms with E-state index in [1.807, 2.05) is 78.7 Å². The van der Waals surface area contributed by atoms with Crippen LogP contribution in [0.15, 0.2) is 73.1 Å². The molecule has 0 N–H and O–H groups in total. The summed E-state index contributed by atoms with van der Waals surface area (Å²) in [4.78, 5) is 10.9. The summed E-state index contributed by atoms with van der Waals surface area (Å²) >= 11 is 0. The van der Waals surface area contributed by atoms with Gasteiger partial charge >= 0.3 is 0 Å². The zero-order valence-electron chi connectivity index (χ0n) is 16.5. The normalized spacial score (nSPS) is 10.6. The molecule has 0 fully saturated rings. The van der Waals surface area contributed by atoms with Gasteiger partial charge in [-0.15, -0.1) is 0 Å². The molecule has 4 rings (SSSR count). The van der Waals surface area contributed by atoms with Gasteiger partial charge in [0, 0.05) is 24.2 Å². The number of aromatic nitrogens is 2. The summed E-state index contributed by atoms with van der Waals surface area (Å²) < 4.78 is 16.7. The number of methoxy groups -OCH3 is 2. The van der Waals surface area contributed by atoms with Crippen LogP contribution in [0, 0.1) is 0 Å². The Hall–Kier alpha value is -3.80. The van der Waals surface area contributed by atoms with Crippen molar-refractivity contribution >= 4 is 22.4 Å². The molecule has 0 aliphatic heterocycles. The van der Waals surface area contributed by atoms with Crippen molar-refractivity contribution in [1.29, 1.82) is 0 Å². The lowest BCUT2D eigenvalue weighted by atomic mass is 10.2. The summed E-state index contributed by atoms with van der Waals surface area (Å²) in [6.07, 6.45) is 1.55. The van der Waals surface area contributed by atoms with E-state index in [9.17, 15) is 0 Å². The minimum Gasteiger partial charge on any atom is -0.493 e. The molecule has 0 bridgehead atoms. The number of anilines is 2. The van der Waals surface area contributed by atoms with Gasteiger partial charge in [0.1, 0.15) is 23.6 Å². The predicted molar refractivity (Wildman–Crippen MR) is 114 cm³/mol. The van der Waals surface area contributed by atoms with Gasteiger partial charge in [-0.1, -0.05) is 18.2 Å². The molecule has 1 aromatic heterocycles. The average molecular weight is 387 g/mol. The third-order valence-electron chi connectivity index (χ3n) is 4.64. The first kappa shape index (κ1) is 18.6. The van der Waals surface area contributed by atoms with Gasteiger partial charge in [0.25, 0.3) is 0 Å². The van der Waals surface area contributed by atoms with Gasteiger partial charge < -0.3 is 19.1 Å². The van der Waals surface area contributed by atoms with Crippen LogP contribution in [0.4, 0.5) is 11.5 Å². The van der Waals surface area contributed by atoms with Crippen LogP contribution in [0.2, 0.25) is 0 Å². The van der Waals surface area contributed by atoms with Gasteiger partial charge in [0.15, 0.2) is 11.5 Å². The monoisotopic (exact) mass is 387 g/mol. The fourth-order valence-electron chi connectivity index (χ4n) is 3.12. The van der Waals surface area contributed by atoms with E-state index in [-0.39, 0.29) is 0 Å². The lowest BCUT2D eigenvalue weighted by molar-refractivity contribution is 0.356. The molecule has 6 nitrogen and oxygen atoms in total. The minimum absolute atomic E-state index is 0.634. The molecule has 0 spiro atoms. The summed E-state index contributed by atoms with van der Waals surface area (Å²) in [5.41, 5.74) is 1.75. The second-order valence-corrected chi connectivity index (χ2v) is 6.39. The molecular weight excluding hydrogens is 366 g/mol. The van der Waals surface area contributed by atoms with Crippen molar-refractivity contribution in [2.45, 2.75) is 0 Å². The van der Waals surface area contributed by atoms with Crippen molar-refractivity contribution in [3.05, 3.63) is 73.1 Å². The number of benzene rings is 3. The zero-order valence-corrected chi connectivity index (χ0v) is 16.5. The van der Waals surface area contributed by atoms with Gasteiger partial charge in [0.05, 0.1) is 19.7 Å². The molecule has 4 aromatic rings. The van der Waals surface area contributed by atoms with E-state index in [4.69, 9.17) is 14.2 Å². The summed E-state index contributed by atoms with van der Waals surface area (Å²) in [6.45, 7) is 0. The van der Waals surface area contributed by atoms with Crippen molar-refractivity contribution in [1.82, 2.24) is 9.97 Å². The third kappa shape index (κ3) is 3.78.